The normalized spacial score (nSPS) is 10.8. The second-order valence-electron chi connectivity index (χ2n) is 6.44. The van der Waals surface area contributed by atoms with Crippen molar-refractivity contribution in [1.29, 1.82) is 0 Å². The molecular formula is C20H21BrClN5O3. The Balaban J connectivity index is 1.63. The minimum absolute atomic E-state index is 0.0780. The lowest BCUT2D eigenvalue weighted by Gasteiger charge is -2.12. The molecule has 1 amide bonds. The number of benzene rings is 1. The largest absolute Gasteiger partial charge is 0.469 e. The standard InChI is InChI=1S/C20H21BrClN5O3/c1-30-19(29)8-7-18(28)24-10-4-9-23-17-11-16(13-5-2-3-6-15(13)22)26-20-14(21)12-25-27(17)20/h2-3,5-6,11-12,23H,4,7-10H2,1H3,(H,24,28). The molecule has 158 valence electrons. The highest BCUT2D eigenvalue weighted by molar-refractivity contribution is 9.10. The van der Waals surface area contributed by atoms with E-state index in [1.54, 1.807) is 10.7 Å². The Labute approximate surface area is 187 Å². The fourth-order valence-electron chi connectivity index (χ4n) is 2.81. The number of esters is 1. The summed E-state index contributed by atoms with van der Waals surface area (Å²) in [6, 6.07) is 9.41. The number of ether oxygens (including phenoxy) is 1. The number of methoxy groups -OCH3 is 1. The van der Waals surface area contributed by atoms with Gasteiger partial charge in [0.05, 0.1) is 29.9 Å². The summed E-state index contributed by atoms with van der Waals surface area (Å²) in [5.74, 6) is 0.189. The zero-order valence-corrected chi connectivity index (χ0v) is 18.7. The zero-order valence-electron chi connectivity index (χ0n) is 16.3. The smallest absolute Gasteiger partial charge is 0.306 e. The predicted molar refractivity (Wildman–Crippen MR) is 118 cm³/mol. The van der Waals surface area contributed by atoms with Gasteiger partial charge in [0.25, 0.3) is 0 Å². The van der Waals surface area contributed by atoms with E-state index >= 15 is 0 Å². The molecule has 0 atom stereocenters. The Bertz CT molecular complexity index is 1060. The molecule has 1 aromatic carbocycles. The number of carbonyl (C=O) groups is 2. The first-order chi connectivity index (χ1) is 14.5. The molecule has 0 saturated heterocycles. The summed E-state index contributed by atoms with van der Waals surface area (Å²) < 4.78 is 7.01. The summed E-state index contributed by atoms with van der Waals surface area (Å²) in [7, 11) is 1.30. The quantitative estimate of drug-likeness (QED) is 0.348. The van der Waals surface area contributed by atoms with Crippen LogP contribution in [0.4, 0.5) is 5.82 Å². The lowest BCUT2D eigenvalue weighted by molar-refractivity contribution is -0.142. The van der Waals surface area contributed by atoms with Crippen LogP contribution in [0.2, 0.25) is 5.02 Å². The first-order valence-corrected chi connectivity index (χ1v) is 10.5. The van der Waals surface area contributed by atoms with E-state index in [9.17, 15) is 9.59 Å². The molecule has 2 aromatic heterocycles. The number of hydrogen-bond acceptors (Lipinski definition) is 6. The fraction of sp³-hybridized carbons (Fsp3) is 0.300. The topological polar surface area (TPSA) is 97.6 Å². The van der Waals surface area contributed by atoms with Crippen molar-refractivity contribution in [2.45, 2.75) is 19.3 Å². The van der Waals surface area contributed by atoms with Gasteiger partial charge in [-0.1, -0.05) is 29.8 Å². The third-order valence-electron chi connectivity index (χ3n) is 4.34. The second kappa shape index (κ2) is 10.4. The molecule has 8 nitrogen and oxygen atoms in total. The van der Waals surface area contributed by atoms with Crippen molar-refractivity contribution in [2.75, 3.05) is 25.5 Å². The van der Waals surface area contributed by atoms with Crippen molar-refractivity contribution in [3.63, 3.8) is 0 Å². The predicted octanol–water partition coefficient (Wildman–Crippen LogP) is 3.68. The molecule has 3 rings (SSSR count). The molecule has 0 aliphatic heterocycles. The van der Waals surface area contributed by atoms with Crippen molar-refractivity contribution in [3.05, 3.63) is 46.0 Å². The molecule has 0 spiro atoms. The Morgan fingerprint density at radius 2 is 2.03 bits per heavy atom. The van der Waals surface area contributed by atoms with E-state index in [0.717, 1.165) is 21.5 Å². The number of hydrogen-bond donors (Lipinski definition) is 2. The summed E-state index contributed by atoms with van der Waals surface area (Å²) in [6.07, 6.45) is 2.57. The highest BCUT2D eigenvalue weighted by atomic mass is 79.9. The average Bonchev–Trinajstić information content (AvgIpc) is 3.12. The second-order valence-corrected chi connectivity index (χ2v) is 7.70. The lowest BCUT2D eigenvalue weighted by atomic mass is 10.1. The molecule has 0 unspecified atom stereocenters. The minimum Gasteiger partial charge on any atom is -0.469 e. The van der Waals surface area contributed by atoms with Gasteiger partial charge in [-0.2, -0.15) is 9.61 Å². The van der Waals surface area contributed by atoms with Gasteiger partial charge in [-0.25, -0.2) is 4.98 Å². The van der Waals surface area contributed by atoms with E-state index < -0.39 is 5.97 Å². The van der Waals surface area contributed by atoms with Crippen molar-refractivity contribution in [2.24, 2.45) is 0 Å². The van der Waals surface area contributed by atoms with Gasteiger partial charge in [0.2, 0.25) is 5.91 Å². The SMILES string of the molecule is COC(=O)CCC(=O)NCCCNc1cc(-c2ccccc2Cl)nc2c(Br)cnn12. The summed E-state index contributed by atoms with van der Waals surface area (Å²) in [4.78, 5) is 27.5. The molecular weight excluding hydrogens is 474 g/mol. The van der Waals surface area contributed by atoms with Crippen LogP contribution in [0.25, 0.3) is 16.9 Å². The molecule has 30 heavy (non-hydrogen) atoms. The van der Waals surface area contributed by atoms with Crippen LogP contribution < -0.4 is 10.6 Å². The number of nitrogens with one attached hydrogen (secondary N) is 2. The maximum absolute atomic E-state index is 11.7. The molecule has 0 fully saturated rings. The Morgan fingerprint density at radius 1 is 1.23 bits per heavy atom. The summed E-state index contributed by atoms with van der Waals surface area (Å²) in [5.41, 5.74) is 2.23. The third kappa shape index (κ3) is 5.48. The van der Waals surface area contributed by atoms with E-state index in [1.807, 2.05) is 30.3 Å². The Kier molecular flexibility index (Phi) is 7.64. The van der Waals surface area contributed by atoms with Crippen LogP contribution >= 0.6 is 27.5 Å². The first kappa shape index (κ1) is 22.0. The number of carbonyl (C=O) groups excluding carboxylic acids is 2. The summed E-state index contributed by atoms with van der Waals surface area (Å²) in [5, 5.41) is 11.1. The highest BCUT2D eigenvalue weighted by Crippen LogP contribution is 2.30. The van der Waals surface area contributed by atoms with Crippen molar-refractivity contribution >= 4 is 50.9 Å². The van der Waals surface area contributed by atoms with Crippen LogP contribution in [0.5, 0.6) is 0 Å². The zero-order chi connectivity index (χ0) is 21.5. The number of amides is 1. The number of rotatable bonds is 9. The van der Waals surface area contributed by atoms with Crippen LogP contribution in [0.3, 0.4) is 0 Å². The van der Waals surface area contributed by atoms with Crippen LogP contribution in [-0.4, -0.2) is 46.7 Å². The van der Waals surface area contributed by atoms with Gasteiger partial charge in [-0.15, -0.1) is 0 Å². The Hall–Kier alpha value is -2.65. The van der Waals surface area contributed by atoms with Gasteiger partial charge in [-0.3, -0.25) is 9.59 Å². The molecule has 0 aliphatic carbocycles. The Morgan fingerprint density at radius 3 is 2.80 bits per heavy atom. The first-order valence-electron chi connectivity index (χ1n) is 9.36. The number of halogens is 2. The van der Waals surface area contributed by atoms with E-state index in [0.29, 0.717) is 30.2 Å². The van der Waals surface area contributed by atoms with Gasteiger partial charge in [0.1, 0.15) is 5.82 Å². The molecule has 3 aromatic rings. The molecule has 0 saturated carbocycles. The maximum atomic E-state index is 11.7. The molecule has 10 heteroatoms. The number of anilines is 1. The summed E-state index contributed by atoms with van der Waals surface area (Å²) in [6.45, 7) is 1.09. The van der Waals surface area contributed by atoms with E-state index in [-0.39, 0.29) is 18.7 Å². The molecule has 0 aliphatic rings. The minimum atomic E-state index is -0.395. The molecule has 0 radical (unpaired) electrons. The van der Waals surface area contributed by atoms with Crippen molar-refractivity contribution < 1.29 is 14.3 Å². The number of nitrogens with zero attached hydrogens (tertiary/aromatic N) is 3. The van der Waals surface area contributed by atoms with E-state index in [1.165, 1.54) is 7.11 Å². The third-order valence-corrected chi connectivity index (χ3v) is 5.23. The van der Waals surface area contributed by atoms with Gasteiger partial charge >= 0.3 is 5.97 Å². The lowest BCUT2D eigenvalue weighted by Crippen LogP contribution is -2.26. The number of fused-ring (bicyclic) bond motifs is 1. The molecule has 2 N–H and O–H groups in total. The van der Waals surface area contributed by atoms with Crippen molar-refractivity contribution in [1.82, 2.24) is 19.9 Å². The maximum Gasteiger partial charge on any atom is 0.306 e. The van der Waals surface area contributed by atoms with Crippen LogP contribution in [-0.2, 0) is 14.3 Å². The van der Waals surface area contributed by atoms with Gasteiger partial charge in [-0.05, 0) is 28.4 Å². The van der Waals surface area contributed by atoms with Crippen LogP contribution in [0, 0.1) is 0 Å². The average molecular weight is 495 g/mol. The number of aromatic nitrogens is 3. The highest BCUT2D eigenvalue weighted by Gasteiger charge is 2.13. The fourth-order valence-corrected chi connectivity index (χ4v) is 3.39. The van der Waals surface area contributed by atoms with Gasteiger partial charge in [0, 0.05) is 36.2 Å². The van der Waals surface area contributed by atoms with Crippen molar-refractivity contribution in [3.8, 4) is 11.3 Å². The van der Waals surface area contributed by atoms with E-state index in [2.05, 4.69) is 41.4 Å². The molecule has 2 heterocycles. The van der Waals surface area contributed by atoms with Crippen LogP contribution in [0.15, 0.2) is 41.0 Å². The monoisotopic (exact) mass is 493 g/mol. The van der Waals surface area contributed by atoms with E-state index in [4.69, 9.17) is 11.6 Å². The van der Waals surface area contributed by atoms with Crippen LogP contribution in [0.1, 0.15) is 19.3 Å². The molecule has 0 bridgehead atoms. The van der Waals surface area contributed by atoms with Gasteiger partial charge < -0.3 is 15.4 Å². The van der Waals surface area contributed by atoms with Gasteiger partial charge in [0.15, 0.2) is 5.65 Å². The summed E-state index contributed by atoms with van der Waals surface area (Å²) >= 11 is 9.82.